The van der Waals surface area contributed by atoms with E-state index in [9.17, 15) is 0 Å². The Balaban J connectivity index is 1.71. The van der Waals surface area contributed by atoms with E-state index < -0.39 is 0 Å². The van der Waals surface area contributed by atoms with Crippen molar-refractivity contribution in [2.75, 3.05) is 6.61 Å². The highest BCUT2D eigenvalue weighted by molar-refractivity contribution is 5.43. The molecule has 3 nitrogen and oxygen atoms in total. The zero-order chi connectivity index (χ0) is 18.7. The summed E-state index contributed by atoms with van der Waals surface area (Å²) in [6.45, 7) is 1.24. The number of aryl methyl sites for hydroxylation is 1. The van der Waals surface area contributed by atoms with Crippen molar-refractivity contribution in [3.8, 4) is 11.5 Å². The van der Waals surface area contributed by atoms with Gasteiger partial charge in [-0.15, -0.1) is 0 Å². The van der Waals surface area contributed by atoms with Crippen molar-refractivity contribution in [2.45, 2.75) is 32.5 Å². The minimum atomic E-state index is 0.232. The summed E-state index contributed by atoms with van der Waals surface area (Å²) in [5.74, 6) is 1.51. The van der Waals surface area contributed by atoms with Crippen LogP contribution in [0.2, 0.25) is 0 Å². The van der Waals surface area contributed by atoms with Gasteiger partial charge >= 0.3 is 0 Å². The van der Waals surface area contributed by atoms with Gasteiger partial charge in [0.1, 0.15) is 13.2 Å². The summed E-state index contributed by atoms with van der Waals surface area (Å²) in [6, 6.07) is 26.4. The van der Waals surface area contributed by atoms with Crippen LogP contribution in [0.15, 0.2) is 78.9 Å². The first-order chi connectivity index (χ1) is 13.3. The number of aliphatic hydroxyl groups is 1. The number of unbranched alkanes of at least 4 members (excludes halogenated alkanes) is 1. The van der Waals surface area contributed by atoms with Crippen LogP contribution in [-0.4, -0.2) is 11.7 Å². The maximum Gasteiger partial charge on any atom is 0.161 e. The Labute approximate surface area is 161 Å². The summed E-state index contributed by atoms with van der Waals surface area (Å²) in [4.78, 5) is 0. The lowest BCUT2D eigenvalue weighted by Crippen LogP contribution is -2.01. The van der Waals surface area contributed by atoms with Crippen LogP contribution in [0.3, 0.4) is 0 Å². The summed E-state index contributed by atoms with van der Waals surface area (Å²) < 4.78 is 12.1. The van der Waals surface area contributed by atoms with Gasteiger partial charge in [0, 0.05) is 6.61 Å². The van der Waals surface area contributed by atoms with Gasteiger partial charge in [-0.1, -0.05) is 66.7 Å². The topological polar surface area (TPSA) is 38.7 Å². The molecule has 1 N–H and O–H groups in total. The quantitative estimate of drug-likeness (QED) is 0.506. The van der Waals surface area contributed by atoms with Crippen LogP contribution in [-0.2, 0) is 19.6 Å². The van der Waals surface area contributed by atoms with E-state index in [1.165, 1.54) is 5.56 Å². The molecule has 0 amide bonds. The van der Waals surface area contributed by atoms with E-state index in [-0.39, 0.29) is 6.61 Å². The van der Waals surface area contributed by atoms with E-state index >= 15 is 0 Å². The van der Waals surface area contributed by atoms with E-state index in [2.05, 4.69) is 24.3 Å². The summed E-state index contributed by atoms with van der Waals surface area (Å²) in [5, 5.41) is 8.99. The van der Waals surface area contributed by atoms with Crippen molar-refractivity contribution in [3.05, 3.63) is 95.6 Å². The molecule has 0 aliphatic rings. The average Bonchev–Trinajstić information content (AvgIpc) is 2.73. The standard InChI is InChI=1S/C24H26O3/c25-16-8-7-9-20-14-15-23(26-18-21-10-3-1-4-11-21)24(17-20)27-19-22-12-5-2-6-13-22/h1-6,10-15,17,25H,7-9,16,18-19H2. The van der Waals surface area contributed by atoms with E-state index in [0.717, 1.165) is 41.9 Å². The first-order valence-electron chi connectivity index (χ1n) is 9.42. The van der Waals surface area contributed by atoms with Crippen molar-refractivity contribution in [2.24, 2.45) is 0 Å². The average molecular weight is 362 g/mol. The van der Waals surface area contributed by atoms with Crippen LogP contribution in [0.1, 0.15) is 29.5 Å². The lowest BCUT2D eigenvalue weighted by atomic mass is 10.1. The summed E-state index contributed by atoms with van der Waals surface area (Å²) in [7, 11) is 0. The van der Waals surface area contributed by atoms with Crippen LogP contribution < -0.4 is 9.47 Å². The fourth-order valence-corrected chi connectivity index (χ4v) is 2.85. The first kappa shape index (κ1) is 19.0. The van der Waals surface area contributed by atoms with Gasteiger partial charge in [-0.2, -0.15) is 0 Å². The number of hydrogen-bond acceptors (Lipinski definition) is 3. The van der Waals surface area contributed by atoms with Crippen molar-refractivity contribution < 1.29 is 14.6 Å². The molecule has 0 aromatic heterocycles. The van der Waals surface area contributed by atoms with Gasteiger partial charge in [-0.3, -0.25) is 0 Å². The normalized spacial score (nSPS) is 10.6. The van der Waals surface area contributed by atoms with E-state index in [0.29, 0.717) is 13.2 Å². The SMILES string of the molecule is OCCCCc1ccc(OCc2ccccc2)c(OCc2ccccc2)c1. The number of rotatable bonds is 10. The molecule has 0 radical (unpaired) electrons. The monoisotopic (exact) mass is 362 g/mol. The third kappa shape index (κ3) is 6.15. The molecular formula is C24H26O3. The zero-order valence-corrected chi connectivity index (χ0v) is 15.5. The van der Waals surface area contributed by atoms with Crippen LogP contribution >= 0.6 is 0 Å². The van der Waals surface area contributed by atoms with Gasteiger partial charge in [0.25, 0.3) is 0 Å². The second-order valence-corrected chi connectivity index (χ2v) is 6.51. The smallest absolute Gasteiger partial charge is 0.161 e. The molecule has 0 bridgehead atoms. The fourth-order valence-electron chi connectivity index (χ4n) is 2.85. The van der Waals surface area contributed by atoms with Gasteiger partial charge in [-0.05, 0) is 48.1 Å². The van der Waals surface area contributed by atoms with Gasteiger partial charge < -0.3 is 14.6 Å². The molecule has 0 aliphatic heterocycles. The summed E-state index contributed by atoms with van der Waals surface area (Å²) in [6.07, 6.45) is 2.69. The molecule has 3 aromatic rings. The van der Waals surface area contributed by atoms with Crippen molar-refractivity contribution in [1.29, 1.82) is 0 Å². The highest BCUT2D eigenvalue weighted by atomic mass is 16.5. The number of ether oxygens (including phenoxy) is 2. The molecule has 0 heterocycles. The molecule has 0 unspecified atom stereocenters. The van der Waals surface area contributed by atoms with Crippen LogP contribution in [0, 0.1) is 0 Å². The molecular weight excluding hydrogens is 336 g/mol. The minimum Gasteiger partial charge on any atom is -0.485 e. The molecule has 27 heavy (non-hydrogen) atoms. The summed E-state index contributed by atoms with van der Waals surface area (Å²) in [5.41, 5.74) is 3.44. The Kier molecular flexibility index (Phi) is 7.31. The van der Waals surface area contributed by atoms with E-state index in [1.807, 2.05) is 54.6 Å². The third-order valence-corrected chi connectivity index (χ3v) is 4.36. The number of benzene rings is 3. The van der Waals surface area contributed by atoms with Gasteiger partial charge in [-0.25, -0.2) is 0 Å². The minimum absolute atomic E-state index is 0.232. The van der Waals surface area contributed by atoms with Crippen molar-refractivity contribution >= 4 is 0 Å². The second-order valence-electron chi connectivity index (χ2n) is 6.51. The maximum atomic E-state index is 8.99. The highest BCUT2D eigenvalue weighted by Crippen LogP contribution is 2.30. The molecule has 3 heteroatoms. The Bertz CT molecular complexity index is 800. The second kappa shape index (κ2) is 10.4. The van der Waals surface area contributed by atoms with Crippen LogP contribution in [0.25, 0.3) is 0 Å². The Morgan fingerprint density at radius 2 is 1.19 bits per heavy atom. The Morgan fingerprint density at radius 3 is 1.78 bits per heavy atom. The van der Waals surface area contributed by atoms with Gasteiger partial charge in [0.15, 0.2) is 11.5 Å². The lowest BCUT2D eigenvalue weighted by Gasteiger charge is -2.15. The highest BCUT2D eigenvalue weighted by Gasteiger charge is 2.08. The maximum absolute atomic E-state index is 8.99. The molecule has 0 saturated heterocycles. The molecule has 0 saturated carbocycles. The first-order valence-corrected chi connectivity index (χ1v) is 9.42. The Hall–Kier alpha value is -2.78. The number of hydrogen-bond donors (Lipinski definition) is 1. The third-order valence-electron chi connectivity index (χ3n) is 4.36. The molecule has 0 spiro atoms. The van der Waals surface area contributed by atoms with E-state index in [1.54, 1.807) is 0 Å². The fraction of sp³-hybridized carbons (Fsp3) is 0.250. The Morgan fingerprint density at radius 1 is 0.593 bits per heavy atom. The largest absolute Gasteiger partial charge is 0.485 e. The van der Waals surface area contributed by atoms with Crippen LogP contribution in [0.4, 0.5) is 0 Å². The molecule has 3 rings (SSSR count). The molecule has 3 aromatic carbocycles. The molecule has 0 fully saturated rings. The summed E-state index contributed by atoms with van der Waals surface area (Å²) >= 11 is 0. The van der Waals surface area contributed by atoms with Crippen LogP contribution in [0.5, 0.6) is 11.5 Å². The van der Waals surface area contributed by atoms with Gasteiger partial charge in [0.2, 0.25) is 0 Å². The van der Waals surface area contributed by atoms with Crippen molar-refractivity contribution in [3.63, 3.8) is 0 Å². The van der Waals surface area contributed by atoms with Crippen molar-refractivity contribution in [1.82, 2.24) is 0 Å². The molecule has 140 valence electrons. The number of aliphatic hydroxyl groups excluding tert-OH is 1. The van der Waals surface area contributed by atoms with Gasteiger partial charge in [0.05, 0.1) is 0 Å². The predicted octanol–water partition coefficient (Wildman–Crippen LogP) is 5.16. The molecule has 0 aliphatic carbocycles. The lowest BCUT2D eigenvalue weighted by molar-refractivity contribution is 0.255. The van der Waals surface area contributed by atoms with E-state index in [4.69, 9.17) is 14.6 Å². The predicted molar refractivity (Wildman–Crippen MR) is 108 cm³/mol. The molecule has 0 atom stereocenters. The zero-order valence-electron chi connectivity index (χ0n) is 15.5.